The van der Waals surface area contributed by atoms with Gasteiger partial charge in [-0.1, -0.05) is 23.8 Å². The molecule has 0 aliphatic heterocycles. The summed E-state index contributed by atoms with van der Waals surface area (Å²) in [7, 11) is 0. The van der Waals surface area contributed by atoms with Crippen LogP contribution in [-0.2, 0) is 0 Å². The van der Waals surface area contributed by atoms with Gasteiger partial charge in [0.1, 0.15) is 11.5 Å². The van der Waals surface area contributed by atoms with Gasteiger partial charge in [-0.2, -0.15) is 0 Å². The van der Waals surface area contributed by atoms with Gasteiger partial charge in [-0.05, 0) is 45.0 Å². The second-order valence-electron chi connectivity index (χ2n) is 5.66. The van der Waals surface area contributed by atoms with Crippen molar-refractivity contribution in [1.29, 1.82) is 0 Å². The van der Waals surface area contributed by atoms with Gasteiger partial charge in [0.15, 0.2) is 0 Å². The number of hydrogen-bond acceptors (Lipinski definition) is 4. The van der Waals surface area contributed by atoms with Crippen LogP contribution in [0, 0.1) is 6.92 Å². The summed E-state index contributed by atoms with van der Waals surface area (Å²) in [5.41, 5.74) is 2.46. The molecule has 0 radical (unpaired) electrons. The van der Waals surface area contributed by atoms with Gasteiger partial charge in [-0.3, -0.25) is 9.98 Å². The molecule has 120 valence electrons. The second kappa shape index (κ2) is 7.58. The predicted octanol–water partition coefficient (Wildman–Crippen LogP) is 3.72. The van der Waals surface area contributed by atoms with E-state index in [2.05, 4.69) is 9.98 Å². The van der Waals surface area contributed by atoms with E-state index in [0.29, 0.717) is 11.1 Å². The van der Waals surface area contributed by atoms with Crippen molar-refractivity contribution in [2.75, 3.05) is 0 Å². The van der Waals surface area contributed by atoms with Crippen molar-refractivity contribution in [3.63, 3.8) is 0 Å². The highest BCUT2D eigenvalue weighted by molar-refractivity contribution is 5.84. The Morgan fingerprint density at radius 2 is 1.39 bits per heavy atom. The fraction of sp³-hybridized carbons (Fsp3) is 0.263. The van der Waals surface area contributed by atoms with E-state index in [9.17, 15) is 10.2 Å². The number of benzene rings is 2. The molecule has 0 heterocycles. The highest BCUT2D eigenvalue weighted by Crippen LogP contribution is 2.17. The van der Waals surface area contributed by atoms with Crippen molar-refractivity contribution in [2.24, 2.45) is 9.98 Å². The molecule has 0 aliphatic rings. The number of phenols is 2. The molecule has 0 bridgehead atoms. The Kier molecular flexibility index (Phi) is 5.52. The maximum atomic E-state index is 9.82. The molecular weight excluding hydrogens is 288 g/mol. The van der Waals surface area contributed by atoms with E-state index in [-0.39, 0.29) is 23.6 Å². The van der Waals surface area contributed by atoms with Crippen molar-refractivity contribution in [2.45, 2.75) is 32.9 Å². The molecule has 0 saturated carbocycles. The minimum absolute atomic E-state index is 0.0437. The number of para-hydroxylation sites is 1. The van der Waals surface area contributed by atoms with Crippen LogP contribution in [0.25, 0.3) is 0 Å². The van der Waals surface area contributed by atoms with E-state index in [1.165, 1.54) is 0 Å². The zero-order valence-electron chi connectivity index (χ0n) is 13.6. The monoisotopic (exact) mass is 310 g/mol. The van der Waals surface area contributed by atoms with Crippen LogP contribution in [0.1, 0.15) is 30.5 Å². The molecule has 2 rings (SSSR count). The van der Waals surface area contributed by atoms with E-state index in [1.807, 2.05) is 45.0 Å². The third kappa shape index (κ3) is 4.68. The molecule has 0 spiro atoms. The summed E-state index contributed by atoms with van der Waals surface area (Å²) in [5.74, 6) is 0.432. The Bertz CT molecular complexity index is 723. The Labute approximate surface area is 136 Å². The average Bonchev–Trinajstić information content (AvgIpc) is 2.54. The number of nitrogens with zero attached hydrogens (tertiary/aromatic N) is 2. The van der Waals surface area contributed by atoms with Crippen LogP contribution >= 0.6 is 0 Å². The number of rotatable bonds is 5. The Balaban J connectivity index is 2.05. The zero-order valence-corrected chi connectivity index (χ0v) is 13.6. The first-order chi connectivity index (χ1) is 11.0. The second-order valence-corrected chi connectivity index (χ2v) is 5.66. The lowest BCUT2D eigenvalue weighted by atomic mass is 10.1. The van der Waals surface area contributed by atoms with Crippen LogP contribution in [0.3, 0.4) is 0 Å². The van der Waals surface area contributed by atoms with Gasteiger partial charge in [0, 0.05) is 23.6 Å². The fourth-order valence-corrected chi connectivity index (χ4v) is 2.02. The summed E-state index contributed by atoms with van der Waals surface area (Å²) in [6.07, 6.45) is 3.34. The van der Waals surface area contributed by atoms with E-state index >= 15 is 0 Å². The van der Waals surface area contributed by atoms with Crippen LogP contribution in [0.15, 0.2) is 52.4 Å². The Morgan fingerprint density at radius 1 is 0.826 bits per heavy atom. The van der Waals surface area contributed by atoms with Gasteiger partial charge in [0.2, 0.25) is 0 Å². The van der Waals surface area contributed by atoms with Gasteiger partial charge in [-0.25, -0.2) is 0 Å². The Morgan fingerprint density at radius 3 is 2.04 bits per heavy atom. The smallest absolute Gasteiger partial charge is 0.124 e. The highest BCUT2D eigenvalue weighted by Gasteiger charge is 2.08. The molecule has 0 aromatic heterocycles. The largest absolute Gasteiger partial charge is 0.507 e. The van der Waals surface area contributed by atoms with E-state index < -0.39 is 0 Å². The lowest BCUT2D eigenvalue weighted by Crippen LogP contribution is -2.16. The minimum Gasteiger partial charge on any atom is -0.507 e. The number of aryl methyl sites for hydroxylation is 1. The van der Waals surface area contributed by atoms with Crippen molar-refractivity contribution in [3.8, 4) is 11.5 Å². The standard InChI is InChI=1S/C19H22N2O2/c1-13-8-9-19(23)17(10-13)12-21-15(3)14(2)20-11-16-6-4-5-7-18(16)22/h4-12,14-15,22-23H,1-3H3. The van der Waals surface area contributed by atoms with Crippen molar-refractivity contribution < 1.29 is 10.2 Å². The first-order valence-electron chi connectivity index (χ1n) is 7.61. The molecule has 0 aliphatic carbocycles. The fourth-order valence-electron chi connectivity index (χ4n) is 2.02. The third-order valence-corrected chi connectivity index (χ3v) is 3.72. The van der Waals surface area contributed by atoms with E-state index in [0.717, 1.165) is 5.56 Å². The normalized spacial score (nSPS) is 14.4. The van der Waals surface area contributed by atoms with Gasteiger partial charge in [-0.15, -0.1) is 0 Å². The maximum Gasteiger partial charge on any atom is 0.124 e. The molecule has 0 saturated heterocycles. The molecule has 2 N–H and O–H groups in total. The summed E-state index contributed by atoms with van der Waals surface area (Å²) in [4.78, 5) is 8.92. The molecule has 2 aromatic rings. The number of hydrogen-bond donors (Lipinski definition) is 2. The lowest BCUT2D eigenvalue weighted by molar-refractivity contribution is 0.473. The van der Waals surface area contributed by atoms with Gasteiger partial charge >= 0.3 is 0 Å². The summed E-state index contributed by atoms with van der Waals surface area (Å²) >= 11 is 0. The molecule has 0 fully saturated rings. The quantitative estimate of drug-likeness (QED) is 0.827. The first kappa shape index (κ1) is 16.7. The van der Waals surface area contributed by atoms with Crippen LogP contribution in [0.5, 0.6) is 11.5 Å². The molecule has 4 heteroatoms. The molecule has 23 heavy (non-hydrogen) atoms. The van der Waals surface area contributed by atoms with Crippen molar-refractivity contribution >= 4 is 12.4 Å². The van der Waals surface area contributed by atoms with Gasteiger partial charge in [0.05, 0.1) is 12.1 Å². The van der Waals surface area contributed by atoms with E-state index in [4.69, 9.17) is 0 Å². The summed E-state index contributed by atoms with van der Waals surface area (Å²) in [6.45, 7) is 5.91. The molecule has 0 amide bonds. The van der Waals surface area contributed by atoms with Crippen molar-refractivity contribution in [3.05, 3.63) is 59.2 Å². The molecule has 2 unspecified atom stereocenters. The maximum absolute atomic E-state index is 9.82. The molecular formula is C19H22N2O2. The van der Waals surface area contributed by atoms with E-state index in [1.54, 1.807) is 30.6 Å². The third-order valence-electron chi connectivity index (χ3n) is 3.72. The molecule has 2 aromatic carbocycles. The molecule has 4 nitrogen and oxygen atoms in total. The molecule has 2 atom stereocenters. The van der Waals surface area contributed by atoms with Crippen LogP contribution in [0.4, 0.5) is 0 Å². The summed E-state index contributed by atoms with van der Waals surface area (Å²) in [5, 5.41) is 19.5. The number of phenolic OH excluding ortho intramolecular Hbond substituents is 2. The number of aliphatic imine (C=N–C) groups is 2. The van der Waals surface area contributed by atoms with Gasteiger partial charge < -0.3 is 10.2 Å². The first-order valence-corrected chi connectivity index (χ1v) is 7.61. The summed E-state index contributed by atoms with van der Waals surface area (Å²) < 4.78 is 0. The van der Waals surface area contributed by atoms with Crippen LogP contribution in [-0.4, -0.2) is 34.7 Å². The van der Waals surface area contributed by atoms with Crippen LogP contribution < -0.4 is 0 Å². The predicted molar refractivity (Wildman–Crippen MR) is 95.1 cm³/mol. The highest BCUT2D eigenvalue weighted by atomic mass is 16.3. The number of aromatic hydroxyl groups is 2. The Hall–Kier alpha value is -2.62. The minimum atomic E-state index is -0.0444. The lowest BCUT2D eigenvalue weighted by Gasteiger charge is -2.11. The topological polar surface area (TPSA) is 65.2 Å². The summed E-state index contributed by atoms with van der Waals surface area (Å²) in [6, 6.07) is 12.4. The average molecular weight is 310 g/mol. The van der Waals surface area contributed by atoms with Crippen LogP contribution in [0.2, 0.25) is 0 Å². The van der Waals surface area contributed by atoms with Crippen molar-refractivity contribution in [1.82, 2.24) is 0 Å². The zero-order chi connectivity index (χ0) is 16.8. The SMILES string of the molecule is Cc1ccc(O)c(C=NC(C)C(C)N=Cc2ccccc2O)c1. The van der Waals surface area contributed by atoms with Gasteiger partial charge in [0.25, 0.3) is 0 Å².